The lowest BCUT2D eigenvalue weighted by molar-refractivity contribution is 0.173. The predicted octanol–water partition coefficient (Wildman–Crippen LogP) is 4.90. The molecule has 0 atom stereocenters. The Labute approximate surface area is 193 Å². The average molecular weight is 441 g/mol. The molecule has 2 aromatic heterocycles. The molecule has 0 bridgehead atoms. The van der Waals surface area contributed by atoms with Crippen LogP contribution in [0.2, 0.25) is 0 Å². The standard InChI is InChI=1S/C27H28N4O2/c1-19-5-2-3-6-21(19)16-26-29-23-7-4-12-28-27(23)31(26)22-10-13-30(14-11-22)17-20-8-9-24-25(15-20)33-18-32-24/h2-9,12,15,22H,10-11,13-14,16-18H2,1H3. The minimum Gasteiger partial charge on any atom is -0.454 e. The summed E-state index contributed by atoms with van der Waals surface area (Å²) in [5, 5.41) is 0. The molecule has 0 unspecified atom stereocenters. The van der Waals surface area contributed by atoms with Gasteiger partial charge in [0.1, 0.15) is 11.3 Å². The Kier molecular flexibility index (Phi) is 5.23. The number of nitrogens with zero attached hydrogens (tertiary/aromatic N) is 4. The first-order valence-corrected chi connectivity index (χ1v) is 11.7. The molecule has 6 nitrogen and oxygen atoms in total. The molecule has 0 saturated carbocycles. The summed E-state index contributed by atoms with van der Waals surface area (Å²) in [7, 11) is 0. The smallest absolute Gasteiger partial charge is 0.231 e. The monoisotopic (exact) mass is 440 g/mol. The minimum absolute atomic E-state index is 0.321. The van der Waals surface area contributed by atoms with Gasteiger partial charge in [-0.3, -0.25) is 4.90 Å². The third-order valence-electron chi connectivity index (χ3n) is 6.90. The summed E-state index contributed by atoms with van der Waals surface area (Å²) in [4.78, 5) is 12.3. The van der Waals surface area contributed by atoms with Crippen LogP contribution >= 0.6 is 0 Å². The zero-order valence-electron chi connectivity index (χ0n) is 18.9. The Morgan fingerprint density at radius 3 is 2.70 bits per heavy atom. The highest BCUT2D eigenvalue weighted by molar-refractivity contribution is 5.71. The number of ether oxygens (including phenoxy) is 2. The maximum atomic E-state index is 5.55. The van der Waals surface area contributed by atoms with E-state index in [1.807, 2.05) is 18.3 Å². The van der Waals surface area contributed by atoms with Crippen LogP contribution in [-0.2, 0) is 13.0 Å². The second kappa shape index (κ2) is 8.52. The summed E-state index contributed by atoms with van der Waals surface area (Å²) in [6.07, 6.45) is 4.90. The number of hydrogen-bond donors (Lipinski definition) is 0. The van der Waals surface area contributed by atoms with Crippen molar-refractivity contribution in [3.63, 3.8) is 0 Å². The van der Waals surface area contributed by atoms with Gasteiger partial charge in [0, 0.05) is 38.3 Å². The van der Waals surface area contributed by atoms with E-state index in [9.17, 15) is 0 Å². The third-order valence-corrected chi connectivity index (χ3v) is 6.90. The molecule has 0 radical (unpaired) electrons. The second-order valence-electron chi connectivity index (χ2n) is 9.04. The fraction of sp³-hybridized carbons (Fsp3) is 0.333. The first-order chi connectivity index (χ1) is 16.2. The third kappa shape index (κ3) is 3.95. The number of piperidine rings is 1. The normalized spacial score (nSPS) is 16.5. The topological polar surface area (TPSA) is 52.4 Å². The van der Waals surface area contributed by atoms with Crippen LogP contribution in [0.1, 0.15) is 41.4 Å². The van der Waals surface area contributed by atoms with Crippen molar-refractivity contribution in [2.24, 2.45) is 0 Å². The number of aromatic nitrogens is 3. The summed E-state index contributed by atoms with van der Waals surface area (Å²) in [5.41, 5.74) is 5.91. The van der Waals surface area contributed by atoms with E-state index < -0.39 is 0 Å². The highest BCUT2D eigenvalue weighted by Crippen LogP contribution is 2.34. The summed E-state index contributed by atoms with van der Waals surface area (Å²) in [6, 6.07) is 19.3. The molecule has 1 fully saturated rings. The Balaban J connectivity index is 1.21. The van der Waals surface area contributed by atoms with E-state index in [4.69, 9.17) is 19.4 Å². The van der Waals surface area contributed by atoms with Crippen LogP contribution in [0.4, 0.5) is 0 Å². The van der Waals surface area contributed by atoms with E-state index in [0.29, 0.717) is 12.8 Å². The van der Waals surface area contributed by atoms with Gasteiger partial charge in [-0.1, -0.05) is 30.3 Å². The molecule has 2 aliphatic rings. The van der Waals surface area contributed by atoms with Crippen LogP contribution in [0.5, 0.6) is 11.5 Å². The first-order valence-electron chi connectivity index (χ1n) is 11.7. The predicted molar refractivity (Wildman–Crippen MR) is 128 cm³/mol. The summed E-state index contributed by atoms with van der Waals surface area (Å²) in [5.74, 6) is 2.82. The van der Waals surface area contributed by atoms with E-state index in [1.54, 1.807) is 0 Å². The molecule has 6 rings (SSSR count). The van der Waals surface area contributed by atoms with E-state index in [-0.39, 0.29) is 0 Å². The van der Waals surface area contributed by atoms with Gasteiger partial charge in [-0.2, -0.15) is 0 Å². The van der Waals surface area contributed by atoms with Gasteiger partial charge in [-0.05, 0) is 60.7 Å². The van der Waals surface area contributed by atoms with Gasteiger partial charge in [-0.15, -0.1) is 0 Å². The van der Waals surface area contributed by atoms with E-state index >= 15 is 0 Å². The van der Waals surface area contributed by atoms with Crippen molar-refractivity contribution in [2.75, 3.05) is 19.9 Å². The summed E-state index contributed by atoms with van der Waals surface area (Å²) >= 11 is 0. The quantitative estimate of drug-likeness (QED) is 0.442. The van der Waals surface area contributed by atoms with Gasteiger partial charge in [0.2, 0.25) is 6.79 Å². The average Bonchev–Trinajstić information content (AvgIpc) is 3.45. The highest BCUT2D eigenvalue weighted by Gasteiger charge is 2.26. The summed E-state index contributed by atoms with van der Waals surface area (Å²) in [6.45, 7) is 5.53. The zero-order valence-corrected chi connectivity index (χ0v) is 18.9. The molecule has 4 aromatic rings. The van der Waals surface area contributed by atoms with Gasteiger partial charge >= 0.3 is 0 Å². The number of pyridine rings is 1. The van der Waals surface area contributed by atoms with Crippen LogP contribution in [0.3, 0.4) is 0 Å². The minimum atomic E-state index is 0.321. The van der Waals surface area contributed by atoms with Gasteiger partial charge in [0.15, 0.2) is 17.1 Å². The van der Waals surface area contributed by atoms with Crippen molar-refractivity contribution in [2.45, 2.75) is 38.8 Å². The van der Waals surface area contributed by atoms with Crippen molar-refractivity contribution >= 4 is 11.2 Å². The molecule has 2 aliphatic heterocycles. The number of fused-ring (bicyclic) bond motifs is 2. The molecular weight excluding hydrogens is 412 g/mol. The molecule has 6 heteroatoms. The molecule has 2 aromatic carbocycles. The molecule has 0 spiro atoms. The Morgan fingerprint density at radius 1 is 0.970 bits per heavy atom. The molecule has 0 N–H and O–H groups in total. The molecule has 4 heterocycles. The fourth-order valence-electron chi connectivity index (χ4n) is 5.10. The van der Waals surface area contributed by atoms with Gasteiger partial charge in [0.25, 0.3) is 0 Å². The lowest BCUT2D eigenvalue weighted by Crippen LogP contribution is -2.34. The van der Waals surface area contributed by atoms with Gasteiger partial charge in [0.05, 0.1) is 0 Å². The molecule has 168 valence electrons. The Hall–Kier alpha value is -3.38. The number of imidazole rings is 1. The second-order valence-corrected chi connectivity index (χ2v) is 9.04. The lowest BCUT2D eigenvalue weighted by atomic mass is 10.0. The number of aryl methyl sites for hydroxylation is 1. The molecule has 33 heavy (non-hydrogen) atoms. The zero-order chi connectivity index (χ0) is 22.2. The molecular formula is C27H28N4O2. The highest BCUT2D eigenvalue weighted by atomic mass is 16.7. The van der Waals surface area contributed by atoms with Crippen molar-refractivity contribution in [3.05, 3.63) is 83.3 Å². The Bertz CT molecular complexity index is 1290. The van der Waals surface area contributed by atoms with Crippen LogP contribution in [0.15, 0.2) is 60.8 Å². The number of rotatable bonds is 5. The fourth-order valence-corrected chi connectivity index (χ4v) is 5.10. The number of likely N-dealkylation sites (tertiary alicyclic amines) is 1. The maximum absolute atomic E-state index is 5.55. The van der Waals surface area contributed by atoms with Crippen LogP contribution in [-0.4, -0.2) is 39.3 Å². The SMILES string of the molecule is Cc1ccccc1Cc1nc2cccnc2n1C1CCN(Cc2ccc3c(c2)OCO3)CC1. The van der Waals surface area contributed by atoms with Crippen molar-refractivity contribution in [1.82, 2.24) is 19.4 Å². The summed E-state index contributed by atoms with van der Waals surface area (Å²) < 4.78 is 13.4. The Morgan fingerprint density at radius 2 is 1.82 bits per heavy atom. The molecule has 0 aliphatic carbocycles. The van der Waals surface area contributed by atoms with Gasteiger partial charge in [-0.25, -0.2) is 9.97 Å². The maximum Gasteiger partial charge on any atom is 0.231 e. The van der Waals surface area contributed by atoms with Crippen LogP contribution in [0, 0.1) is 6.92 Å². The van der Waals surface area contributed by atoms with E-state index in [2.05, 4.69) is 58.9 Å². The first kappa shape index (κ1) is 20.2. The van der Waals surface area contributed by atoms with Gasteiger partial charge < -0.3 is 14.0 Å². The van der Waals surface area contributed by atoms with Crippen molar-refractivity contribution < 1.29 is 9.47 Å². The molecule has 0 amide bonds. The van der Waals surface area contributed by atoms with E-state index in [1.165, 1.54) is 16.7 Å². The lowest BCUT2D eigenvalue weighted by Gasteiger charge is -2.33. The number of benzene rings is 2. The van der Waals surface area contributed by atoms with Crippen molar-refractivity contribution in [3.8, 4) is 11.5 Å². The largest absolute Gasteiger partial charge is 0.454 e. The van der Waals surface area contributed by atoms with Crippen LogP contribution in [0.25, 0.3) is 11.2 Å². The number of hydrogen-bond acceptors (Lipinski definition) is 5. The van der Waals surface area contributed by atoms with Crippen LogP contribution < -0.4 is 9.47 Å². The van der Waals surface area contributed by atoms with Crippen molar-refractivity contribution in [1.29, 1.82) is 0 Å². The van der Waals surface area contributed by atoms with E-state index in [0.717, 1.165) is 67.4 Å². The molecule has 1 saturated heterocycles.